The van der Waals surface area contributed by atoms with E-state index < -0.39 is 24.5 Å². The van der Waals surface area contributed by atoms with Gasteiger partial charge in [-0.25, -0.2) is 0 Å². The smallest absolute Gasteiger partial charge is 0.355 e. The van der Waals surface area contributed by atoms with Gasteiger partial charge in [0.05, 0.1) is 19.8 Å². The molecule has 0 N–H and O–H groups in total. The van der Waals surface area contributed by atoms with Gasteiger partial charge in [0.2, 0.25) is 5.16 Å². The maximum Gasteiger partial charge on any atom is 0.355 e. The van der Waals surface area contributed by atoms with Gasteiger partial charge in [-0.15, -0.1) is 0 Å². The molecular formula is C16H23O6P. The Hall–Kier alpha value is -1.49. The molecule has 1 aromatic carbocycles. The number of ether oxygens (including phenoxy) is 1. The third-order valence-electron chi connectivity index (χ3n) is 3.30. The predicted molar refractivity (Wildman–Crippen MR) is 86.7 cm³/mol. The Labute approximate surface area is 136 Å². The largest absolute Gasteiger partial charge is 0.465 e. The highest BCUT2D eigenvalue weighted by atomic mass is 31.2. The van der Waals surface area contributed by atoms with Crippen molar-refractivity contribution in [2.75, 3.05) is 19.8 Å². The van der Waals surface area contributed by atoms with Gasteiger partial charge in [-0.3, -0.25) is 14.2 Å². The molecule has 6 nitrogen and oxygen atoms in total. The van der Waals surface area contributed by atoms with Crippen LogP contribution in [0, 0.1) is 0 Å². The van der Waals surface area contributed by atoms with Gasteiger partial charge in [0.25, 0.3) is 0 Å². The summed E-state index contributed by atoms with van der Waals surface area (Å²) in [6.07, 6.45) is 0. The maximum atomic E-state index is 13.2. The van der Waals surface area contributed by atoms with Crippen LogP contribution in [0.5, 0.6) is 0 Å². The second-order valence-electron chi connectivity index (χ2n) is 4.82. The number of Topliss-reactive ketones (excluding diaryl/α,β-unsaturated/α-hetero) is 1. The molecule has 0 heterocycles. The lowest BCUT2D eigenvalue weighted by Crippen LogP contribution is -2.46. The highest BCUT2D eigenvalue weighted by Crippen LogP contribution is 2.61. The predicted octanol–water partition coefficient (Wildman–Crippen LogP) is 3.46. The lowest BCUT2D eigenvalue weighted by atomic mass is 9.98. The summed E-state index contributed by atoms with van der Waals surface area (Å²) in [5.74, 6) is -1.57. The molecule has 0 aliphatic carbocycles. The van der Waals surface area contributed by atoms with Crippen molar-refractivity contribution in [1.82, 2.24) is 0 Å². The van der Waals surface area contributed by atoms with Gasteiger partial charge in [0.15, 0.2) is 5.78 Å². The molecule has 7 heteroatoms. The van der Waals surface area contributed by atoms with Gasteiger partial charge in [0, 0.05) is 5.56 Å². The summed E-state index contributed by atoms with van der Waals surface area (Å²) < 4.78 is 28.7. The quantitative estimate of drug-likeness (QED) is 0.296. The first kappa shape index (κ1) is 19.6. The molecule has 0 saturated carbocycles. The van der Waals surface area contributed by atoms with E-state index in [1.165, 1.54) is 6.92 Å². The minimum absolute atomic E-state index is 0.0361. The van der Waals surface area contributed by atoms with Crippen molar-refractivity contribution in [3.05, 3.63) is 35.9 Å². The summed E-state index contributed by atoms with van der Waals surface area (Å²) in [4.78, 5) is 25.4. The minimum Gasteiger partial charge on any atom is -0.465 e. The molecule has 0 amide bonds. The van der Waals surface area contributed by atoms with E-state index in [4.69, 9.17) is 13.8 Å². The van der Waals surface area contributed by atoms with Crippen LogP contribution >= 0.6 is 7.60 Å². The summed E-state index contributed by atoms with van der Waals surface area (Å²) in [6, 6.07) is 8.14. The average Bonchev–Trinajstić information content (AvgIpc) is 2.54. The molecule has 0 aliphatic heterocycles. The average molecular weight is 342 g/mol. The van der Waals surface area contributed by atoms with E-state index in [-0.39, 0.29) is 25.4 Å². The molecule has 1 rings (SSSR count). The third kappa shape index (κ3) is 3.89. The van der Waals surface area contributed by atoms with E-state index in [2.05, 4.69) is 0 Å². The molecular weight excluding hydrogens is 319 g/mol. The van der Waals surface area contributed by atoms with Crippen LogP contribution in [-0.4, -0.2) is 36.7 Å². The van der Waals surface area contributed by atoms with E-state index in [9.17, 15) is 14.2 Å². The van der Waals surface area contributed by atoms with E-state index in [1.807, 2.05) is 0 Å². The number of rotatable bonds is 9. The topological polar surface area (TPSA) is 78.9 Å². The van der Waals surface area contributed by atoms with Crippen molar-refractivity contribution in [3.63, 3.8) is 0 Å². The first-order chi connectivity index (χ1) is 10.9. The zero-order valence-electron chi connectivity index (χ0n) is 13.9. The van der Waals surface area contributed by atoms with Gasteiger partial charge < -0.3 is 13.8 Å². The Kier molecular flexibility index (Phi) is 7.13. The Morgan fingerprint density at radius 3 is 1.96 bits per heavy atom. The fourth-order valence-electron chi connectivity index (χ4n) is 2.11. The molecule has 0 aliphatic rings. The van der Waals surface area contributed by atoms with Crippen LogP contribution in [-0.2, 0) is 23.1 Å². The van der Waals surface area contributed by atoms with Gasteiger partial charge in [-0.05, 0) is 27.7 Å². The number of ketones is 1. The van der Waals surface area contributed by atoms with Crippen LogP contribution in [0.2, 0.25) is 0 Å². The Bertz CT molecular complexity index is 575. The molecule has 0 aromatic heterocycles. The lowest BCUT2D eigenvalue weighted by Gasteiger charge is -2.32. The fourth-order valence-corrected chi connectivity index (χ4v) is 4.04. The number of hydrogen-bond donors (Lipinski definition) is 0. The Morgan fingerprint density at radius 1 is 1.00 bits per heavy atom. The second kappa shape index (κ2) is 8.39. The summed E-state index contributed by atoms with van der Waals surface area (Å²) in [7, 11) is -4.07. The van der Waals surface area contributed by atoms with Gasteiger partial charge in [-0.1, -0.05) is 30.3 Å². The van der Waals surface area contributed by atoms with Crippen LogP contribution in [0.3, 0.4) is 0 Å². The van der Waals surface area contributed by atoms with Gasteiger partial charge in [0.1, 0.15) is 0 Å². The molecule has 1 atom stereocenters. The molecule has 0 saturated heterocycles. The second-order valence-corrected chi connectivity index (χ2v) is 7.23. The molecule has 0 bridgehead atoms. The molecule has 23 heavy (non-hydrogen) atoms. The number of benzene rings is 1. The Morgan fingerprint density at radius 2 is 1.52 bits per heavy atom. The van der Waals surface area contributed by atoms with Crippen LogP contribution in [0.4, 0.5) is 0 Å². The van der Waals surface area contributed by atoms with Crippen molar-refractivity contribution in [2.24, 2.45) is 0 Å². The SMILES string of the molecule is CCOC(=O)C(C)(C(=O)c1ccccc1)P(=O)(OCC)OCC. The first-order valence-corrected chi connectivity index (χ1v) is 9.07. The van der Waals surface area contributed by atoms with Crippen molar-refractivity contribution < 1.29 is 27.9 Å². The normalized spacial score (nSPS) is 14.1. The van der Waals surface area contributed by atoms with Crippen molar-refractivity contribution in [3.8, 4) is 0 Å². The lowest BCUT2D eigenvalue weighted by molar-refractivity contribution is -0.145. The Balaban J connectivity index is 3.45. The zero-order chi connectivity index (χ0) is 17.5. The minimum atomic E-state index is -4.07. The highest BCUT2D eigenvalue weighted by Gasteiger charge is 2.60. The maximum absolute atomic E-state index is 13.2. The monoisotopic (exact) mass is 342 g/mol. The summed E-state index contributed by atoms with van der Waals surface area (Å²) in [5.41, 5.74) is 0.239. The highest BCUT2D eigenvalue weighted by molar-refractivity contribution is 7.58. The van der Waals surface area contributed by atoms with Crippen molar-refractivity contribution in [1.29, 1.82) is 0 Å². The number of hydrogen-bond acceptors (Lipinski definition) is 6. The number of esters is 1. The molecule has 0 fully saturated rings. The van der Waals surface area contributed by atoms with Crippen molar-refractivity contribution >= 4 is 19.3 Å². The molecule has 0 radical (unpaired) electrons. The van der Waals surface area contributed by atoms with E-state index in [1.54, 1.807) is 51.1 Å². The van der Waals surface area contributed by atoms with Crippen LogP contribution in [0.1, 0.15) is 38.1 Å². The van der Waals surface area contributed by atoms with E-state index in [0.29, 0.717) is 0 Å². The summed E-state index contributed by atoms with van der Waals surface area (Å²) >= 11 is 0. The molecule has 0 spiro atoms. The first-order valence-electron chi connectivity index (χ1n) is 7.53. The van der Waals surface area contributed by atoms with Gasteiger partial charge in [-0.2, -0.15) is 0 Å². The van der Waals surface area contributed by atoms with E-state index >= 15 is 0 Å². The third-order valence-corrected chi connectivity index (χ3v) is 5.97. The molecule has 128 valence electrons. The zero-order valence-corrected chi connectivity index (χ0v) is 14.8. The van der Waals surface area contributed by atoms with E-state index in [0.717, 1.165) is 0 Å². The number of carbonyl (C=O) groups excluding carboxylic acids is 2. The van der Waals surface area contributed by atoms with Crippen LogP contribution < -0.4 is 0 Å². The molecule has 1 unspecified atom stereocenters. The van der Waals surface area contributed by atoms with Crippen molar-refractivity contribution in [2.45, 2.75) is 32.9 Å². The number of carbonyl (C=O) groups is 2. The standard InChI is InChI=1S/C16H23O6P/c1-5-20-15(18)16(4,23(19,21-6-2)22-7-3)14(17)13-11-9-8-10-12-13/h8-12H,5-7H2,1-4H3. The summed E-state index contributed by atoms with van der Waals surface area (Å²) in [5, 5.41) is -2.06. The van der Waals surface area contributed by atoms with Crippen LogP contribution in [0.15, 0.2) is 30.3 Å². The summed E-state index contributed by atoms with van der Waals surface area (Å²) in [6.45, 7) is 6.22. The molecule has 1 aromatic rings. The van der Waals surface area contributed by atoms with Gasteiger partial charge >= 0.3 is 13.6 Å². The van der Waals surface area contributed by atoms with Crippen LogP contribution in [0.25, 0.3) is 0 Å². The fraction of sp³-hybridized carbons (Fsp3) is 0.500.